The zero-order valence-electron chi connectivity index (χ0n) is 13.1. The maximum absolute atomic E-state index is 5.81. The number of methoxy groups -OCH3 is 2. The molecule has 1 heterocycles. The van der Waals surface area contributed by atoms with E-state index in [4.69, 9.17) is 21.1 Å². The van der Waals surface area contributed by atoms with Gasteiger partial charge in [0.2, 0.25) is 0 Å². The molecule has 1 atom stereocenters. The molecule has 0 radical (unpaired) electrons. The van der Waals surface area contributed by atoms with Gasteiger partial charge in [-0.1, -0.05) is 6.07 Å². The van der Waals surface area contributed by atoms with Crippen LogP contribution in [0.25, 0.3) is 0 Å². The van der Waals surface area contributed by atoms with Crippen LogP contribution in [0.5, 0.6) is 11.5 Å². The molecule has 2 rings (SSSR count). The number of piperazine rings is 1. The molecule has 1 fully saturated rings. The minimum atomic E-state index is 0.378. The normalized spacial score (nSPS) is 18.5. The van der Waals surface area contributed by atoms with Crippen molar-refractivity contribution in [2.24, 2.45) is 0 Å². The third-order valence-electron chi connectivity index (χ3n) is 4.25. The third-order valence-corrected chi connectivity index (χ3v) is 4.41. The van der Waals surface area contributed by atoms with E-state index in [1.165, 1.54) is 5.56 Å². The molecule has 0 spiro atoms. The number of halogens is 1. The molecule has 21 heavy (non-hydrogen) atoms. The lowest BCUT2D eigenvalue weighted by Crippen LogP contribution is -2.47. The molecule has 1 unspecified atom stereocenters. The molecular formula is C16H25ClN2O2. The number of hydrogen-bond acceptors (Lipinski definition) is 4. The second-order valence-electron chi connectivity index (χ2n) is 5.36. The van der Waals surface area contributed by atoms with E-state index in [0.717, 1.165) is 44.2 Å². The molecule has 1 aliphatic rings. The predicted molar refractivity (Wildman–Crippen MR) is 86.7 cm³/mol. The van der Waals surface area contributed by atoms with Crippen molar-refractivity contribution in [1.29, 1.82) is 0 Å². The molecule has 1 aliphatic heterocycles. The zero-order valence-corrected chi connectivity index (χ0v) is 13.9. The average molecular weight is 313 g/mol. The standard InChI is InChI=1S/C16H25ClN2O2/c1-13(19-10-8-18(7-6-17)9-11-19)14-4-5-15(20-2)16(12-14)21-3/h4-5,12-13H,6-11H2,1-3H3. The summed E-state index contributed by atoms with van der Waals surface area (Å²) in [6.45, 7) is 7.56. The summed E-state index contributed by atoms with van der Waals surface area (Å²) in [5.74, 6) is 2.29. The predicted octanol–water partition coefficient (Wildman–Crippen LogP) is 2.62. The van der Waals surface area contributed by atoms with Crippen LogP contribution in [-0.4, -0.2) is 62.6 Å². The summed E-state index contributed by atoms with van der Waals surface area (Å²) in [6, 6.07) is 6.56. The molecule has 0 aliphatic carbocycles. The highest BCUT2D eigenvalue weighted by Crippen LogP contribution is 2.32. The summed E-state index contributed by atoms with van der Waals surface area (Å²) < 4.78 is 10.7. The summed E-state index contributed by atoms with van der Waals surface area (Å²) in [5, 5.41) is 0. The van der Waals surface area contributed by atoms with Gasteiger partial charge in [-0.3, -0.25) is 9.80 Å². The Hall–Kier alpha value is -0.970. The zero-order chi connectivity index (χ0) is 15.2. The minimum Gasteiger partial charge on any atom is -0.493 e. The fourth-order valence-corrected chi connectivity index (χ4v) is 3.06. The Kier molecular flexibility index (Phi) is 6.15. The maximum atomic E-state index is 5.81. The highest BCUT2D eigenvalue weighted by Gasteiger charge is 2.22. The first-order valence-corrected chi connectivity index (χ1v) is 7.97. The van der Waals surface area contributed by atoms with Crippen LogP contribution in [0.15, 0.2) is 18.2 Å². The van der Waals surface area contributed by atoms with Gasteiger partial charge in [0.25, 0.3) is 0 Å². The van der Waals surface area contributed by atoms with Gasteiger partial charge in [0.05, 0.1) is 14.2 Å². The van der Waals surface area contributed by atoms with Gasteiger partial charge in [0, 0.05) is 44.6 Å². The fraction of sp³-hybridized carbons (Fsp3) is 0.625. The number of ether oxygens (including phenoxy) is 2. The van der Waals surface area contributed by atoms with E-state index in [1.54, 1.807) is 14.2 Å². The van der Waals surface area contributed by atoms with Crippen LogP contribution in [0.4, 0.5) is 0 Å². The van der Waals surface area contributed by atoms with Gasteiger partial charge in [-0.05, 0) is 24.6 Å². The topological polar surface area (TPSA) is 24.9 Å². The van der Waals surface area contributed by atoms with E-state index in [9.17, 15) is 0 Å². The van der Waals surface area contributed by atoms with Crippen molar-refractivity contribution in [3.8, 4) is 11.5 Å². The molecule has 0 N–H and O–H groups in total. The largest absolute Gasteiger partial charge is 0.493 e. The van der Waals surface area contributed by atoms with E-state index in [2.05, 4.69) is 28.9 Å². The second-order valence-corrected chi connectivity index (χ2v) is 5.73. The molecular weight excluding hydrogens is 288 g/mol. The molecule has 5 heteroatoms. The average Bonchev–Trinajstić information content (AvgIpc) is 2.54. The van der Waals surface area contributed by atoms with Crippen LogP contribution in [0.1, 0.15) is 18.5 Å². The quantitative estimate of drug-likeness (QED) is 0.754. The molecule has 1 saturated heterocycles. The summed E-state index contributed by atoms with van der Waals surface area (Å²) in [7, 11) is 3.34. The number of nitrogens with zero attached hydrogens (tertiary/aromatic N) is 2. The molecule has 1 aromatic rings. The highest BCUT2D eigenvalue weighted by atomic mass is 35.5. The van der Waals surface area contributed by atoms with Crippen LogP contribution >= 0.6 is 11.6 Å². The third kappa shape index (κ3) is 4.02. The Labute approximate surface area is 132 Å². The van der Waals surface area contributed by atoms with Gasteiger partial charge in [-0.25, -0.2) is 0 Å². The first-order valence-electron chi connectivity index (χ1n) is 7.44. The van der Waals surface area contributed by atoms with E-state index in [-0.39, 0.29) is 0 Å². The SMILES string of the molecule is COc1ccc(C(C)N2CCN(CCCl)CC2)cc1OC. The van der Waals surface area contributed by atoms with Crippen molar-refractivity contribution in [2.45, 2.75) is 13.0 Å². The van der Waals surface area contributed by atoms with Crippen LogP contribution < -0.4 is 9.47 Å². The first-order chi connectivity index (χ1) is 10.2. The summed E-state index contributed by atoms with van der Waals surface area (Å²) in [5.41, 5.74) is 1.26. The Morgan fingerprint density at radius 2 is 1.76 bits per heavy atom. The van der Waals surface area contributed by atoms with Crippen molar-refractivity contribution in [3.63, 3.8) is 0 Å². The monoisotopic (exact) mass is 312 g/mol. The maximum Gasteiger partial charge on any atom is 0.161 e. The summed E-state index contributed by atoms with van der Waals surface area (Å²) in [6.07, 6.45) is 0. The number of alkyl halides is 1. The van der Waals surface area contributed by atoms with Gasteiger partial charge in [0.15, 0.2) is 11.5 Å². The van der Waals surface area contributed by atoms with Gasteiger partial charge in [0.1, 0.15) is 0 Å². The second kappa shape index (κ2) is 7.87. The van der Waals surface area contributed by atoms with Crippen molar-refractivity contribution in [3.05, 3.63) is 23.8 Å². The molecule has 1 aromatic carbocycles. The van der Waals surface area contributed by atoms with Gasteiger partial charge in [-0.15, -0.1) is 11.6 Å². The Bertz CT molecular complexity index is 448. The fourth-order valence-electron chi connectivity index (χ4n) is 2.82. The van der Waals surface area contributed by atoms with Crippen molar-refractivity contribution in [2.75, 3.05) is 52.8 Å². The van der Waals surface area contributed by atoms with E-state index in [0.29, 0.717) is 11.9 Å². The van der Waals surface area contributed by atoms with E-state index >= 15 is 0 Å². The van der Waals surface area contributed by atoms with Gasteiger partial charge in [-0.2, -0.15) is 0 Å². The molecule has 0 bridgehead atoms. The Balaban J connectivity index is 2.02. The lowest BCUT2D eigenvalue weighted by atomic mass is 10.1. The molecule has 0 amide bonds. The molecule has 4 nitrogen and oxygen atoms in total. The van der Waals surface area contributed by atoms with E-state index in [1.807, 2.05) is 6.07 Å². The van der Waals surface area contributed by atoms with Gasteiger partial charge < -0.3 is 9.47 Å². The Morgan fingerprint density at radius 1 is 1.10 bits per heavy atom. The van der Waals surface area contributed by atoms with Crippen LogP contribution in [0, 0.1) is 0 Å². The van der Waals surface area contributed by atoms with Crippen LogP contribution in [-0.2, 0) is 0 Å². The van der Waals surface area contributed by atoms with Crippen molar-refractivity contribution < 1.29 is 9.47 Å². The molecule has 0 aromatic heterocycles. The number of hydrogen-bond donors (Lipinski definition) is 0. The lowest BCUT2D eigenvalue weighted by molar-refractivity contribution is 0.106. The summed E-state index contributed by atoms with van der Waals surface area (Å²) >= 11 is 5.81. The van der Waals surface area contributed by atoms with Crippen LogP contribution in [0.3, 0.4) is 0 Å². The van der Waals surface area contributed by atoms with E-state index < -0.39 is 0 Å². The minimum absolute atomic E-state index is 0.378. The smallest absolute Gasteiger partial charge is 0.161 e. The number of rotatable bonds is 6. The molecule has 0 saturated carbocycles. The van der Waals surface area contributed by atoms with Crippen molar-refractivity contribution >= 4 is 11.6 Å². The van der Waals surface area contributed by atoms with Crippen LogP contribution in [0.2, 0.25) is 0 Å². The highest BCUT2D eigenvalue weighted by molar-refractivity contribution is 6.18. The first kappa shape index (κ1) is 16.4. The number of benzene rings is 1. The van der Waals surface area contributed by atoms with Crippen molar-refractivity contribution in [1.82, 2.24) is 9.80 Å². The molecule has 118 valence electrons. The lowest BCUT2D eigenvalue weighted by Gasteiger charge is -2.38. The van der Waals surface area contributed by atoms with Gasteiger partial charge >= 0.3 is 0 Å². The Morgan fingerprint density at radius 3 is 2.33 bits per heavy atom. The summed E-state index contributed by atoms with van der Waals surface area (Å²) in [4.78, 5) is 4.93.